The van der Waals surface area contributed by atoms with Crippen molar-refractivity contribution < 1.29 is 4.74 Å². The first kappa shape index (κ1) is 14.3. The van der Waals surface area contributed by atoms with Crippen LogP contribution in [0.3, 0.4) is 0 Å². The molecule has 0 spiro atoms. The van der Waals surface area contributed by atoms with E-state index < -0.39 is 0 Å². The van der Waals surface area contributed by atoms with E-state index in [1.54, 1.807) is 0 Å². The molecular weight excluding hydrogens is 316 g/mol. The van der Waals surface area contributed by atoms with Crippen LogP contribution in [-0.4, -0.2) is 50.6 Å². The molecule has 1 aliphatic heterocycles. The maximum absolute atomic E-state index is 5.42. The molecule has 0 aromatic carbocycles. The first-order chi connectivity index (χ1) is 12.4. The summed E-state index contributed by atoms with van der Waals surface area (Å²) in [5.41, 5.74) is 3.99. The molecule has 0 radical (unpaired) electrons. The number of aromatic nitrogens is 5. The quantitative estimate of drug-likeness (QED) is 0.560. The van der Waals surface area contributed by atoms with Gasteiger partial charge in [0.05, 0.1) is 18.7 Å². The molecule has 0 bridgehead atoms. The Hall–Kier alpha value is -3.06. The molecular formula is C18H16N6O. The summed E-state index contributed by atoms with van der Waals surface area (Å²) in [6.07, 6.45) is 9.12. The zero-order valence-corrected chi connectivity index (χ0v) is 13.5. The van der Waals surface area contributed by atoms with Gasteiger partial charge in [-0.1, -0.05) is 6.07 Å². The van der Waals surface area contributed by atoms with E-state index in [4.69, 9.17) is 9.72 Å². The Labute approximate surface area is 143 Å². The minimum Gasteiger partial charge on any atom is -0.378 e. The van der Waals surface area contributed by atoms with Gasteiger partial charge in [0, 0.05) is 54.4 Å². The number of ether oxygens (including phenoxy) is 1. The number of anilines is 1. The Bertz CT molecular complexity index is 1040. The highest BCUT2D eigenvalue weighted by atomic mass is 16.5. The Morgan fingerprint density at radius 1 is 1.00 bits per heavy atom. The first-order valence-corrected chi connectivity index (χ1v) is 8.26. The third kappa shape index (κ3) is 2.32. The summed E-state index contributed by atoms with van der Waals surface area (Å²) in [6, 6.07) is 6.12. The molecule has 25 heavy (non-hydrogen) atoms. The van der Waals surface area contributed by atoms with Crippen LogP contribution < -0.4 is 4.90 Å². The van der Waals surface area contributed by atoms with E-state index in [0.717, 1.165) is 46.7 Å². The van der Waals surface area contributed by atoms with Gasteiger partial charge in [-0.15, -0.1) is 0 Å². The Kier molecular flexibility index (Phi) is 3.31. The van der Waals surface area contributed by atoms with E-state index in [9.17, 15) is 0 Å². The third-order valence-corrected chi connectivity index (χ3v) is 4.51. The second-order valence-corrected chi connectivity index (χ2v) is 5.96. The highest BCUT2D eigenvalue weighted by molar-refractivity contribution is 6.03. The zero-order valence-electron chi connectivity index (χ0n) is 13.5. The molecule has 1 fully saturated rings. The van der Waals surface area contributed by atoms with Gasteiger partial charge in [0.25, 0.3) is 0 Å². The average molecular weight is 332 g/mol. The predicted octanol–water partition coefficient (Wildman–Crippen LogP) is 2.18. The van der Waals surface area contributed by atoms with Crippen molar-refractivity contribution in [2.24, 2.45) is 0 Å². The summed E-state index contributed by atoms with van der Waals surface area (Å²) in [5.74, 6) is 0.745. The Morgan fingerprint density at radius 3 is 2.68 bits per heavy atom. The largest absolute Gasteiger partial charge is 0.378 e. The molecule has 4 aromatic heterocycles. The molecule has 4 aromatic rings. The molecule has 7 nitrogen and oxygen atoms in total. The first-order valence-electron chi connectivity index (χ1n) is 8.26. The molecule has 5 heterocycles. The van der Waals surface area contributed by atoms with Gasteiger partial charge in [-0.2, -0.15) is 4.98 Å². The lowest BCUT2D eigenvalue weighted by Crippen LogP contribution is -2.37. The van der Waals surface area contributed by atoms with Gasteiger partial charge in [0.2, 0.25) is 5.95 Å². The summed E-state index contributed by atoms with van der Waals surface area (Å²) in [4.78, 5) is 20.0. The summed E-state index contributed by atoms with van der Waals surface area (Å²) < 4.78 is 7.53. The van der Waals surface area contributed by atoms with E-state index in [-0.39, 0.29) is 0 Å². The number of pyridine rings is 1. The average Bonchev–Trinajstić information content (AvgIpc) is 3.03. The van der Waals surface area contributed by atoms with Crippen molar-refractivity contribution in [2.75, 3.05) is 31.2 Å². The lowest BCUT2D eigenvalue weighted by molar-refractivity contribution is 0.122. The molecule has 0 saturated carbocycles. The van der Waals surface area contributed by atoms with E-state index in [1.807, 2.05) is 36.9 Å². The number of hydrogen-bond acceptors (Lipinski definition) is 6. The number of rotatable bonds is 2. The van der Waals surface area contributed by atoms with Crippen LogP contribution in [-0.2, 0) is 4.74 Å². The smallest absolute Gasteiger partial charge is 0.227 e. The second-order valence-electron chi connectivity index (χ2n) is 5.96. The van der Waals surface area contributed by atoms with E-state index in [0.29, 0.717) is 13.2 Å². The van der Waals surface area contributed by atoms with Crippen LogP contribution in [0.2, 0.25) is 0 Å². The monoisotopic (exact) mass is 332 g/mol. The fourth-order valence-electron chi connectivity index (χ4n) is 3.34. The van der Waals surface area contributed by atoms with Crippen LogP contribution in [0.4, 0.5) is 5.95 Å². The number of morpholine rings is 1. The van der Waals surface area contributed by atoms with Crippen LogP contribution in [0.25, 0.3) is 27.7 Å². The van der Waals surface area contributed by atoms with Crippen LogP contribution in [0, 0.1) is 0 Å². The van der Waals surface area contributed by atoms with Crippen LogP contribution in [0.5, 0.6) is 0 Å². The molecule has 1 saturated heterocycles. The second kappa shape index (κ2) is 5.78. The van der Waals surface area contributed by atoms with Gasteiger partial charge in [-0.05, 0) is 12.1 Å². The molecule has 0 unspecified atom stereocenters. The normalized spacial score (nSPS) is 15.1. The van der Waals surface area contributed by atoms with Gasteiger partial charge in [0.15, 0.2) is 5.65 Å². The van der Waals surface area contributed by atoms with Crippen LogP contribution in [0.1, 0.15) is 0 Å². The van der Waals surface area contributed by atoms with Gasteiger partial charge < -0.3 is 14.0 Å². The van der Waals surface area contributed by atoms with Crippen molar-refractivity contribution in [1.29, 1.82) is 0 Å². The highest BCUT2D eigenvalue weighted by Crippen LogP contribution is 2.34. The summed E-state index contributed by atoms with van der Waals surface area (Å²) in [6.45, 7) is 3.05. The third-order valence-electron chi connectivity index (χ3n) is 4.51. The molecule has 1 aliphatic rings. The van der Waals surface area contributed by atoms with E-state index >= 15 is 0 Å². The molecule has 0 N–H and O–H groups in total. The minimum atomic E-state index is 0.711. The number of fused-ring (bicyclic) bond motifs is 3. The summed E-state index contributed by atoms with van der Waals surface area (Å²) in [7, 11) is 0. The van der Waals surface area contributed by atoms with Crippen molar-refractivity contribution in [3.63, 3.8) is 0 Å². The van der Waals surface area contributed by atoms with Crippen molar-refractivity contribution in [2.45, 2.75) is 0 Å². The van der Waals surface area contributed by atoms with E-state index in [2.05, 4.69) is 30.3 Å². The molecule has 0 atom stereocenters. The van der Waals surface area contributed by atoms with Crippen molar-refractivity contribution in [3.8, 4) is 11.1 Å². The summed E-state index contributed by atoms with van der Waals surface area (Å²) in [5, 5.41) is 0.998. The van der Waals surface area contributed by atoms with Crippen molar-refractivity contribution >= 4 is 22.5 Å². The standard InChI is InChI=1S/C18H16N6O/c1-2-4-24-15(3-1)16(13-9-19-12-20-10-13)14-11-21-18(22-17(14)24)23-5-7-25-8-6-23/h1-4,9-12H,5-8H2. The molecule has 7 heteroatoms. The van der Waals surface area contributed by atoms with Gasteiger partial charge in [-0.3, -0.25) is 0 Å². The minimum absolute atomic E-state index is 0.711. The Morgan fingerprint density at radius 2 is 1.84 bits per heavy atom. The fraction of sp³-hybridized carbons (Fsp3) is 0.222. The molecule has 124 valence electrons. The number of hydrogen-bond donors (Lipinski definition) is 0. The predicted molar refractivity (Wildman–Crippen MR) is 94.6 cm³/mol. The molecule has 0 amide bonds. The van der Waals surface area contributed by atoms with E-state index in [1.165, 1.54) is 6.33 Å². The van der Waals surface area contributed by atoms with Gasteiger partial charge in [-0.25, -0.2) is 15.0 Å². The fourth-order valence-corrected chi connectivity index (χ4v) is 3.34. The van der Waals surface area contributed by atoms with Gasteiger partial charge in [0.1, 0.15) is 6.33 Å². The van der Waals surface area contributed by atoms with Crippen molar-refractivity contribution in [3.05, 3.63) is 49.3 Å². The highest BCUT2D eigenvalue weighted by Gasteiger charge is 2.19. The SMILES string of the molecule is c1ccn2c(c1)c(-c1cncnc1)c1cnc(N3CCOCC3)nc12. The zero-order chi connectivity index (χ0) is 16.6. The van der Waals surface area contributed by atoms with Crippen LogP contribution >= 0.6 is 0 Å². The molecule has 5 rings (SSSR count). The van der Waals surface area contributed by atoms with Gasteiger partial charge >= 0.3 is 0 Å². The lowest BCUT2D eigenvalue weighted by atomic mass is 10.1. The lowest BCUT2D eigenvalue weighted by Gasteiger charge is -2.26. The number of nitrogens with zero attached hydrogens (tertiary/aromatic N) is 6. The molecule has 0 aliphatic carbocycles. The summed E-state index contributed by atoms with van der Waals surface area (Å²) >= 11 is 0. The Balaban J connectivity index is 1.76. The topological polar surface area (TPSA) is 68.4 Å². The van der Waals surface area contributed by atoms with Crippen molar-refractivity contribution in [1.82, 2.24) is 24.3 Å². The van der Waals surface area contributed by atoms with Crippen LogP contribution in [0.15, 0.2) is 49.3 Å². The maximum atomic E-state index is 5.42. The maximum Gasteiger partial charge on any atom is 0.227 e.